The topological polar surface area (TPSA) is 84.6 Å². The Morgan fingerprint density at radius 3 is 2.68 bits per heavy atom. The van der Waals surface area contributed by atoms with Crippen molar-refractivity contribution in [2.45, 2.75) is 0 Å². The Balaban J connectivity index is 2.19. The van der Waals surface area contributed by atoms with Gasteiger partial charge in [0.15, 0.2) is 4.80 Å². The largest absolute Gasteiger partial charge is 0.478 e. The fourth-order valence-corrected chi connectivity index (χ4v) is 2.87. The summed E-state index contributed by atoms with van der Waals surface area (Å²) in [7, 11) is 1.65. The van der Waals surface area contributed by atoms with Gasteiger partial charge in [-0.25, -0.2) is 14.8 Å². The van der Waals surface area contributed by atoms with E-state index in [4.69, 9.17) is 5.11 Å². The first-order chi connectivity index (χ1) is 10.6. The lowest BCUT2D eigenvalue weighted by molar-refractivity contribution is 0.0697. The summed E-state index contributed by atoms with van der Waals surface area (Å²) in [6.07, 6.45) is 1.63. The van der Waals surface area contributed by atoms with Crippen molar-refractivity contribution in [3.05, 3.63) is 63.3 Å². The molecule has 0 radical (unpaired) electrons. The van der Waals surface area contributed by atoms with Crippen LogP contribution in [0.1, 0.15) is 10.4 Å². The molecule has 3 rings (SSSR count). The van der Waals surface area contributed by atoms with Crippen LogP contribution in [0.3, 0.4) is 0 Å². The molecule has 0 fully saturated rings. The van der Waals surface area contributed by atoms with Crippen LogP contribution >= 0.6 is 11.3 Å². The highest BCUT2D eigenvalue weighted by Crippen LogP contribution is 2.13. The normalized spacial score (nSPS) is 11.8. The number of carboxylic acids is 1. The van der Waals surface area contributed by atoms with Gasteiger partial charge in [-0.3, -0.25) is 9.36 Å². The fraction of sp³-hybridized carbons (Fsp3) is 0.0667. The molecule has 2 heterocycles. The van der Waals surface area contributed by atoms with Gasteiger partial charge in [-0.1, -0.05) is 11.3 Å². The second kappa shape index (κ2) is 5.53. The maximum absolute atomic E-state index is 12.3. The molecule has 7 heteroatoms. The van der Waals surface area contributed by atoms with Crippen LogP contribution in [0.5, 0.6) is 0 Å². The lowest BCUT2D eigenvalue weighted by Gasteiger charge is -2.01. The van der Waals surface area contributed by atoms with Gasteiger partial charge in [-0.2, -0.15) is 0 Å². The molecule has 0 atom stereocenters. The molecule has 0 unspecified atom stereocenters. The Morgan fingerprint density at radius 1 is 1.27 bits per heavy atom. The molecular formula is C15H11N3O3S. The van der Waals surface area contributed by atoms with E-state index in [0.29, 0.717) is 20.7 Å². The Hall–Kier alpha value is -2.80. The first-order valence-corrected chi connectivity index (χ1v) is 7.21. The van der Waals surface area contributed by atoms with Crippen LogP contribution in [0.4, 0.5) is 5.69 Å². The van der Waals surface area contributed by atoms with Gasteiger partial charge in [0.1, 0.15) is 4.83 Å². The van der Waals surface area contributed by atoms with Crippen LogP contribution in [0.15, 0.2) is 52.4 Å². The van der Waals surface area contributed by atoms with Crippen molar-refractivity contribution in [2.24, 2.45) is 12.0 Å². The first-order valence-electron chi connectivity index (χ1n) is 6.39. The summed E-state index contributed by atoms with van der Waals surface area (Å²) in [6, 6.07) is 9.60. The third kappa shape index (κ3) is 2.53. The van der Waals surface area contributed by atoms with Crippen molar-refractivity contribution < 1.29 is 9.90 Å². The maximum atomic E-state index is 12.3. The summed E-state index contributed by atoms with van der Waals surface area (Å²) in [5.74, 6) is -0.989. The van der Waals surface area contributed by atoms with E-state index in [1.807, 2.05) is 0 Å². The number of rotatable bonds is 2. The van der Waals surface area contributed by atoms with Gasteiger partial charge in [-0.05, 0) is 36.4 Å². The third-order valence-corrected chi connectivity index (χ3v) is 4.19. The average molecular weight is 313 g/mol. The maximum Gasteiger partial charge on any atom is 0.335 e. The van der Waals surface area contributed by atoms with E-state index in [0.717, 1.165) is 0 Å². The Kier molecular flexibility index (Phi) is 3.56. The minimum atomic E-state index is -0.989. The Labute approximate surface area is 128 Å². The number of pyridine rings is 1. The number of aromatic nitrogens is 2. The number of fused-ring (bicyclic) bond motifs is 1. The van der Waals surface area contributed by atoms with Crippen LogP contribution in [-0.4, -0.2) is 20.6 Å². The number of carboxylic acid groups (broad SMARTS) is 1. The predicted molar refractivity (Wildman–Crippen MR) is 83.5 cm³/mol. The van der Waals surface area contributed by atoms with E-state index in [2.05, 4.69) is 9.98 Å². The lowest BCUT2D eigenvalue weighted by Crippen LogP contribution is -2.28. The van der Waals surface area contributed by atoms with Gasteiger partial charge in [0.25, 0.3) is 5.56 Å². The molecular weight excluding hydrogens is 302 g/mol. The zero-order chi connectivity index (χ0) is 15.7. The van der Waals surface area contributed by atoms with Crippen molar-refractivity contribution in [3.63, 3.8) is 0 Å². The van der Waals surface area contributed by atoms with Crippen LogP contribution < -0.4 is 10.4 Å². The molecule has 6 nitrogen and oxygen atoms in total. The van der Waals surface area contributed by atoms with E-state index < -0.39 is 5.97 Å². The number of aromatic carboxylic acids is 1. The van der Waals surface area contributed by atoms with Gasteiger partial charge in [0.2, 0.25) is 0 Å². The summed E-state index contributed by atoms with van der Waals surface area (Å²) in [5, 5.41) is 9.43. The van der Waals surface area contributed by atoms with Crippen molar-refractivity contribution in [1.29, 1.82) is 0 Å². The minimum absolute atomic E-state index is 0.164. The quantitative estimate of drug-likeness (QED) is 0.783. The number of hydrogen-bond acceptors (Lipinski definition) is 5. The summed E-state index contributed by atoms with van der Waals surface area (Å²) < 4.78 is 1.46. The Morgan fingerprint density at radius 2 is 2.00 bits per heavy atom. The van der Waals surface area contributed by atoms with Gasteiger partial charge in [0.05, 0.1) is 16.6 Å². The highest BCUT2D eigenvalue weighted by atomic mass is 32.1. The van der Waals surface area contributed by atoms with Crippen LogP contribution in [0, 0.1) is 0 Å². The molecule has 0 saturated carbocycles. The third-order valence-electron chi connectivity index (χ3n) is 3.12. The minimum Gasteiger partial charge on any atom is -0.478 e. The molecule has 0 saturated heterocycles. The zero-order valence-corrected chi connectivity index (χ0v) is 12.4. The standard InChI is InChI=1S/C15H11N3O3S/c1-18-13(19)11-3-2-8-16-12(11)22-15(18)17-10-6-4-9(5-7-10)14(20)21/h2-8H,1H3,(H,20,21). The molecule has 0 spiro atoms. The smallest absolute Gasteiger partial charge is 0.335 e. The highest BCUT2D eigenvalue weighted by molar-refractivity contribution is 7.15. The van der Waals surface area contributed by atoms with Crippen molar-refractivity contribution in [1.82, 2.24) is 9.55 Å². The van der Waals surface area contributed by atoms with Crippen LogP contribution in [-0.2, 0) is 7.05 Å². The first kappa shape index (κ1) is 14.2. The molecule has 1 aromatic carbocycles. The number of hydrogen-bond donors (Lipinski definition) is 1. The number of nitrogens with zero attached hydrogens (tertiary/aromatic N) is 3. The van der Waals surface area contributed by atoms with E-state index in [1.54, 1.807) is 37.5 Å². The van der Waals surface area contributed by atoms with Crippen LogP contribution in [0.25, 0.3) is 10.2 Å². The van der Waals surface area contributed by atoms with Gasteiger partial charge in [0, 0.05) is 13.2 Å². The van der Waals surface area contributed by atoms with Crippen LogP contribution in [0.2, 0.25) is 0 Å². The lowest BCUT2D eigenvalue weighted by atomic mass is 10.2. The van der Waals surface area contributed by atoms with E-state index in [1.165, 1.54) is 28.0 Å². The van der Waals surface area contributed by atoms with Gasteiger partial charge in [-0.15, -0.1) is 0 Å². The van der Waals surface area contributed by atoms with Crippen molar-refractivity contribution >= 4 is 33.2 Å². The van der Waals surface area contributed by atoms with E-state index in [9.17, 15) is 9.59 Å². The fourth-order valence-electron chi connectivity index (χ4n) is 1.94. The molecule has 0 amide bonds. The Bertz CT molecular complexity index is 987. The highest BCUT2D eigenvalue weighted by Gasteiger charge is 2.05. The second-order valence-corrected chi connectivity index (χ2v) is 5.52. The van der Waals surface area contributed by atoms with Gasteiger partial charge >= 0.3 is 5.97 Å². The van der Waals surface area contributed by atoms with Crippen molar-refractivity contribution in [2.75, 3.05) is 0 Å². The SMILES string of the molecule is Cn1c(=Nc2ccc(C(=O)O)cc2)sc2ncccc2c1=O. The summed E-state index contributed by atoms with van der Waals surface area (Å²) in [6.45, 7) is 0. The molecule has 0 aliphatic carbocycles. The number of carbonyl (C=O) groups is 1. The molecule has 0 aliphatic rings. The molecule has 22 heavy (non-hydrogen) atoms. The zero-order valence-electron chi connectivity index (χ0n) is 11.6. The summed E-state index contributed by atoms with van der Waals surface area (Å²) in [5.41, 5.74) is 0.603. The monoisotopic (exact) mass is 313 g/mol. The molecule has 2 aromatic heterocycles. The average Bonchev–Trinajstić information content (AvgIpc) is 2.53. The predicted octanol–water partition coefficient (Wildman–Crippen LogP) is 1.93. The number of benzene rings is 1. The molecule has 0 bridgehead atoms. The van der Waals surface area contributed by atoms with E-state index >= 15 is 0 Å². The van der Waals surface area contributed by atoms with Gasteiger partial charge < -0.3 is 5.11 Å². The molecule has 1 N–H and O–H groups in total. The van der Waals surface area contributed by atoms with E-state index in [-0.39, 0.29) is 11.1 Å². The summed E-state index contributed by atoms with van der Waals surface area (Å²) in [4.78, 5) is 32.8. The summed E-state index contributed by atoms with van der Waals surface area (Å²) >= 11 is 1.30. The van der Waals surface area contributed by atoms with Crippen molar-refractivity contribution in [3.8, 4) is 0 Å². The molecule has 110 valence electrons. The molecule has 3 aromatic rings. The molecule has 0 aliphatic heterocycles. The second-order valence-electron chi connectivity index (χ2n) is 4.57.